The number of hydrogen-bond donors (Lipinski definition) is 4. The van der Waals surface area contributed by atoms with Gasteiger partial charge in [-0.25, -0.2) is 47.1 Å². The summed E-state index contributed by atoms with van der Waals surface area (Å²) in [5, 5.41) is 20.5. The second-order valence-corrected chi connectivity index (χ2v) is 27.8. The maximum absolute atomic E-state index is 15.9. The first-order valence-corrected chi connectivity index (χ1v) is 37.0. The van der Waals surface area contributed by atoms with Crippen molar-refractivity contribution in [1.29, 1.82) is 0 Å². The molecule has 15 aromatic rings. The molecule has 0 aliphatic carbocycles. The van der Waals surface area contributed by atoms with Gasteiger partial charge in [-0.15, -0.1) is 0 Å². The second kappa shape index (κ2) is 37.7. The maximum Gasteiger partial charge on any atom is 0.505 e. The Kier molecular flexibility index (Phi) is 27.3. The minimum atomic E-state index is -1.71. The summed E-state index contributed by atoms with van der Waals surface area (Å²) >= 11 is 9.25. The molecule has 0 spiro atoms. The average Bonchev–Trinajstić information content (AvgIpc) is 1.61. The number of H-pyrrole nitrogens is 2. The van der Waals surface area contributed by atoms with E-state index in [1.54, 1.807) is 98.9 Å². The van der Waals surface area contributed by atoms with Gasteiger partial charge in [0.1, 0.15) is 30.3 Å². The fourth-order valence-corrected chi connectivity index (χ4v) is 13.0. The Morgan fingerprint density at radius 1 is 0.464 bits per heavy atom. The number of nitrogens with one attached hydrogen (secondary N) is 2. The lowest BCUT2D eigenvalue weighted by atomic mass is 9.86. The number of rotatable bonds is 18. The number of aryl methyl sites for hydroxylation is 4. The Labute approximate surface area is 667 Å². The Bertz CT molecular complexity index is 5670. The summed E-state index contributed by atoms with van der Waals surface area (Å²) in [6.07, 6.45) is 7.77. The molecule has 15 rings (SSSR count). The van der Waals surface area contributed by atoms with E-state index in [9.17, 15) is 37.6 Å². The van der Waals surface area contributed by atoms with Crippen molar-refractivity contribution in [2.75, 3.05) is 24.0 Å². The molecular formula is C85H72BBr3F4N9O10+. The number of ketones is 1. The zero-order valence-electron chi connectivity index (χ0n) is 61.4. The van der Waals surface area contributed by atoms with E-state index < -0.39 is 30.7 Å². The van der Waals surface area contributed by atoms with Gasteiger partial charge in [-0.2, -0.15) is 4.57 Å². The van der Waals surface area contributed by atoms with E-state index >= 15 is 4.39 Å². The summed E-state index contributed by atoms with van der Waals surface area (Å²) in [5.41, 5.74) is 8.38. The molecule has 0 saturated carbocycles. The van der Waals surface area contributed by atoms with Gasteiger partial charge in [-0.05, 0) is 138 Å². The van der Waals surface area contributed by atoms with E-state index in [4.69, 9.17) is 27.7 Å². The Morgan fingerprint density at radius 2 is 0.848 bits per heavy atom. The van der Waals surface area contributed by atoms with Crippen molar-refractivity contribution in [3.8, 4) is 45.2 Å². The standard InChI is InChI=1S/C33H27FN4O3.C23H22BN3O4.C11H10BrFNO.C10H7BrFNO.C8H6BrFO/c1-21-35-18-29(41-21)25-15-9-14-24(30(25)34)28-16-26-27(33(39)40-2)17-36-32(31(26)37-28)38(19-22-10-5-3-6-11-22)20-23-12-7-4-8-13-23;1-31-23(28)19-13-25-22(21-18(19)12-20(26-21)24(29)30)27(14-16-8-4-2-5-9-16)15-17-10-6-3-7-11-17;1-7-14(2)6-10(15-7)8-4-3-5-9(12)11(8)13;1-6-13-5-9(14-6)7-3-2-4-8(11)10(7)12;1-5(11)6-3-2-4-7(9)8(6)10/h3-18,37H,19-20H2,1-2H3;2-13,26,29-30H,14-15H2,1H3;3-6H,1-2H3;2-5H,1H3;2-4H,1H3/q;;+1;;. The van der Waals surface area contributed by atoms with Crippen molar-refractivity contribution in [2.45, 2.75) is 53.9 Å². The molecule has 8 aromatic carbocycles. The number of pyridine rings is 2. The number of halogens is 7. The number of nitrogens with zero attached hydrogens (tertiary/aromatic N) is 7. The molecule has 0 amide bonds. The zero-order chi connectivity index (χ0) is 79.7. The van der Waals surface area contributed by atoms with Gasteiger partial charge in [-0.1, -0.05) is 146 Å². The summed E-state index contributed by atoms with van der Waals surface area (Å²) < 4.78 is 85.4. The number of anilines is 2. The predicted molar refractivity (Wildman–Crippen MR) is 432 cm³/mol. The molecule has 27 heteroatoms. The lowest BCUT2D eigenvalue weighted by molar-refractivity contribution is -0.681. The van der Waals surface area contributed by atoms with Crippen molar-refractivity contribution in [3.05, 3.63) is 331 Å². The van der Waals surface area contributed by atoms with Gasteiger partial charge >= 0.3 is 24.9 Å². The molecule has 7 aromatic heterocycles. The van der Waals surface area contributed by atoms with E-state index in [2.05, 4.69) is 107 Å². The number of aromatic nitrogens is 7. The van der Waals surface area contributed by atoms with Crippen LogP contribution in [-0.2, 0) is 42.7 Å². The van der Waals surface area contributed by atoms with E-state index in [0.29, 0.717) is 130 Å². The molecule has 0 bridgehead atoms. The van der Waals surface area contributed by atoms with Gasteiger partial charge in [0, 0.05) is 80.0 Å². The number of carbonyl (C=O) groups excluding carboxylic acids is 3. The van der Waals surface area contributed by atoms with Crippen LogP contribution in [0.3, 0.4) is 0 Å². The van der Waals surface area contributed by atoms with Crippen LogP contribution in [0.25, 0.3) is 67.0 Å². The minimum Gasteiger partial charge on any atom is -0.465 e. The first-order valence-electron chi connectivity index (χ1n) is 34.6. The summed E-state index contributed by atoms with van der Waals surface area (Å²) in [5.74, 6) is 1.37. The normalized spacial score (nSPS) is 10.8. The molecule has 0 fully saturated rings. The number of fused-ring (bicyclic) bond motifs is 2. The first kappa shape index (κ1) is 81.1. The number of esters is 2. The number of methoxy groups -OCH3 is 2. The largest absolute Gasteiger partial charge is 0.505 e. The quantitative estimate of drug-likeness (QED) is 0.0205. The molecule has 568 valence electrons. The van der Waals surface area contributed by atoms with E-state index in [-0.39, 0.29) is 39.7 Å². The number of aromatic amines is 2. The minimum absolute atomic E-state index is 0.124. The van der Waals surface area contributed by atoms with Crippen LogP contribution < -0.4 is 20.0 Å². The highest BCUT2D eigenvalue weighted by Gasteiger charge is 2.27. The summed E-state index contributed by atoms with van der Waals surface area (Å²) in [6.45, 7) is 8.89. The van der Waals surface area contributed by atoms with E-state index in [1.165, 1.54) is 52.0 Å². The second-order valence-electron chi connectivity index (χ2n) is 25.2. The fraction of sp³-hybridized carbons (Fsp3) is 0.129. The molecule has 0 aliphatic heterocycles. The smallest absolute Gasteiger partial charge is 0.465 e. The molecule has 112 heavy (non-hydrogen) atoms. The highest BCUT2D eigenvalue weighted by molar-refractivity contribution is 9.11. The van der Waals surface area contributed by atoms with E-state index in [0.717, 1.165) is 28.1 Å². The number of oxazole rings is 3. The lowest BCUT2D eigenvalue weighted by Crippen LogP contribution is -2.30. The molecule has 0 unspecified atom stereocenters. The fourth-order valence-electron chi connectivity index (χ4n) is 11.9. The van der Waals surface area contributed by atoms with Gasteiger partial charge in [0.2, 0.25) is 12.0 Å². The number of Topliss-reactive ketones (excluding diaryl/α,β-unsaturated/α-hetero) is 1. The van der Waals surface area contributed by atoms with Crippen LogP contribution in [0, 0.1) is 44.0 Å². The van der Waals surface area contributed by atoms with Gasteiger partial charge in [0.25, 0.3) is 0 Å². The van der Waals surface area contributed by atoms with Gasteiger partial charge in [0.15, 0.2) is 40.7 Å². The lowest BCUT2D eigenvalue weighted by Gasteiger charge is -2.25. The van der Waals surface area contributed by atoms with Crippen LogP contribution in [0.5, 0.6) is 0 Å². The summed E-state index contributed by atoms with van der Waals surface area (Å²) in [4.78, 5) is 63.7. The van der Waals surface area contributed by atoms with Crippen LogP contribution in [-0.4, -0.2) is 79.0 Å². The zero-order valence-corrected chi connectivity index (χ0v) is 66.1. The van der Waals surface area contributed by atoms with Crippen molar-refractivity contribution in [2.24, 2.45) is 7.05 Å². The Hall–Kier alpha value is -11.9. The van der Waals surface area contributed by atoms with Crippen LogP contribution in [0.15, 0.2) is 264 Å². The van der Waals surface area contributed by atoms with Gasteiger partial charge in [0.05, 0.1) is 91.4 Å². The first-order chi connectivity index (χ1) is 54.0. The van der Waals surface area contributed by atoms with Gasteiger partial charge in [-0.3, -0.25) is 4.79 Å². The Morgan fingerprint density at radius 3 is 1.23 bits per heavy atom. The van der Waals surface area contributed by atoms with Crippen LogP contribution >= 0.6 is 47.8 Å². The molecule has 0 saturated heterocycles. The molecule has 4 N–H and O–H groups in total. The van der Waals surface area contributed by atoms with Crippen LogP contribution in [0.4, 0.5) is 29.2 Å². The highest BCUT2D eigenvalue weighted by Crippen LogP contribution is 2.38. The maximum atomic E-state index is 15.9. The number of ether oxygens (including phenoxy) is 2. The molecule has 7 heterocycles. The van der Waals surface area contributed by atoms with Crippen molar-refractivity contribution >= 4 is 112 Å². The van der Waals surface area contributed by atoms with E-state index in [1.807, 2.05) is 116 Å². The van der Waals surface area contributed by atoms with Crippen LogP contribution in [0.2, 0.25) is 0 Å². The average molecular weight is 1710 g/mol. The van der Waals surface area contributed by atoms with Crippen LogP contribution in [0.1, 0.15) is 77.9 Å². The monoisotopic (exact) mass is 1700 g/mol. The summed E-state index contributed by atoms with van der Waals surface area (Å²) in [7, 11) is 2.78. The Balaban J connectivity index is 0.000000152. The molecular weight excluding hydrogens is 1630 g/mol. The van der Waals surface area contributed by atoms with Crippen molar-refractivity contribution < 1.29 is 69.3 Å². The summed E-state index contributed by atoms with van der Waals surface area (Å²) in [6, 6.07) is 63.4. The van der Waals surface area contributed by atoms with Crippen molar-refractivity contribution in [1.82, 2.24) is 29.9 Å². The third-order valence-electron chi connectivity index (χ3n) is 17.5. The predicted octanol–water partition coefficient (Wildman–Crippen LogP) is 18.9. The number of carbonyl (C=O) groups is 3. The number of hydrogen-bond acceptors (Lipinski definition) is 16. The molecule has 0 atom stereocenters. The molecule has 19 nitrogen and oxygen atoms in total. The van der Waals surface area contributed by atoms with Crippen molar-refractivity contribution in [3.63, 3.8) is 0 Å². The van der Waals surface area contributed by atoms with Gasteiger partial charge < -0.3 is 52.5 Å². The third-order valence-corrected chi connectivity index (χ3v) is 19.3. The third kappa shape index (κ3) is 19.8. The topological polar surface area (TPSA) is 243 Å². The number of benzene rings is 8. The SMILES string of the molecule is CC(=O)c1cccc(Br)c1F.COC(=O)c1cnc(N(Cc2ccccc2)Cc2ccccc2)c2[nH]c(-c3cccc(-c4cnc(C)o4)c3F)cc12.COC(=O)c1cnc(N(Cc2ccccc2)Cc2ccccc2)c2[nH]c(B(O)O)cc12.Cc1ncc(-c2cccc(Br)c2F)o1.Cc1oc(-c2cccc(Br)c2F)c[n+]1C. The highest BCUT2D eigenvalue weighted by atomic mass is 79.9. The molecule has 0 radical (unpaired) electrons. The molecule has 0 aliphatic rings.